The number of benzene rings is 2. The smallest absolute Gasteiger partial charge is 0.179 e. The van der Waals surface area contributed by atoms with Gasteiger partial charge in [-0.2, -0.15) is 0 Å². The van der Waals surface area contributed by atoms with Gasteiger partial charge in [0.05, 0.1) is 35.4 Å². The lowest BCUT2D eigenvalue weighted by atomic mass is 10.2. The molecule has 4 rings (SSSR count). The van der Waals surface area contributed by atoms with Crippen LogP contribution in [0.3, 0.4) is 0 Å². The maximum atomic E-state index is 12.7. The van der Waals surface area contributed by atoms with Gasteiger partial charge in [0.25, 0.3) is 0 Å². The van der Waals surface area contributed by atoms with Crippen LogP contribution in [0, 0.1) is 0 Å². The van der Waals surface area contributed by atoms with Crippen LogP contribution in [0.25, 0.3) is 0 Å². The Morgan fingerprint density at radius 1 is 1.10 bits per heavy atom. The Morgan fingerprint density at radius 3 is 2.73 bits per heavy atom. The number of para-hydroxylation sites is 1. The van der Waals surface area contributed by atoms with Crippen molar-refractivity contribution in [2.75, 3.05) is 13.2 Å². The highest BCUT2D eigenvalue weighted by Crippen LogP contribution is 2.38. The third kappa shape index (κ3) is 5.44. The monoisotopic (exact) mass is 465 g/mol. The van der Waals surface area contributed by atoms with Crippen molar-refractivity contribution in [3.8, 4) is 17.2 Å². The topological polar surface area (TPSA) is 74.7 Å². The molecular formula is C21H20ClNO5S2. The standard InChI is InChI=1S/C21H20ClNO5S2/c22-18-9-15(10-19-21(18)27-8-4-7-26-19)13-30(24,25)14-16-12-29-20(23-16)11-28-17-5-2-1-3-6-17/h1-3,5-6,9-10,12H,4,7-8,11,13-14H2. The van der Waals surface area contributed by atoms with E-state index in [1.165, 1.54) is 11.3 Å². The average Bonchev–Trinajstić information content (AvgIpc) is 3.00. The van der Waals surface area contributed by atoms with Gasteiger partial charge in [-0.15, -0.1) is 11.3 Å². The van der Waals surface area contributed by atoms with Crippen molar-refractivity contribution < 1.29 is 22.6 Å². The van der Waals surface area contributed by atoms with Gasteiger partial charge in [-0.1, -0.05) is 29.8 Å². The zero-order valence-corrected chi connectivity index (χ0v) is 18.4. The highest BCUT2D eigenvalue weighted by atomic mass is 35.5. The number of halogens is 1. The molecule has 1 aliphatic rings. The number of fused-ring (bicyclic) bond motifs is 1. The van der Waals surface area contributed by atoms with E-state index in [2.05, 4.69) is 4.98 Å². The molecule has 0 saturated heterocycles. The van der Waals surface area contributed by atoms with Gasteiger partial charge in [0.15, 0.2) is 21.3 Å². The van der Waals surface area contributed by atoms with Crippen LogP contribution < -0.4 is 14.2 Å². The second-order valence-electron chi connectivity index (χ2n) is 6.82. The maximum Gasteiger partial charge on any atom is 0.179 e. The first-order chi connectivity index (χ1) is 14.5. The van der Waals surface area contributed by atoms with Crippen LogP contribution in [0.1, 0.15) is 22.7 Å². The van der Waals surface area contributed by atoms with E-state index in [-0.39, 0.29) is 11.5 Å². The molecule has 2 heterocycles. The van der Waals surface area contributed by atoms with Gasteiger partial charge >= 0.3 is 0 Å². The Bertz CT molecular complexity index is 1120. The molecule has 0 amide bonds. The first-order valence-electron chi connectivity index (χ1n) is 9.38. The third-order valence-corrected chi connectivity index (χ3v) is 6.98. The lowest BCUT2D eigenvalue weighted by molar-refractivity contribution is 0.297. The Hall–Kier alpha value is -2.29. The van der Waals surface area contributed by atoms with Crippen molar-refractivity contribution in [3.63, 3.8) is 0 Å². The molecule has 0 bridgehead atoms. The van der Waals surface area contributed by atoms with E-state index in [0.717, 1.165) is 17.2 Å². The average molecular weight is 466 g/mol. The SMILES string of the molecule is O=S(=O)(Cc1cc(Cl)c2c(c1)OCCCO2)Cc1csc(COc2ccccc2)n1. The molecule has 0 unspecified atom stereocenters. The molecular weight excluding hydrogens is 446 g/mol. The molecule has 158 valence electrons. The first kappa shape index (κ1) is 21.0. The van der Waals surface area contributed by atoms with E-state index in [0.29, 0.717) is 47.6 Å². The van der Waals surface area contributed by atoms with E-state index in [1.54, 1.807) is 17.5 Å². The number of hydrogen-bond donors (Lipinski definition) is 0. The number of aromatic nitrogens is 1. The number of hydrogen-bond acceptors (Lipinski definition) is 7. The molecule has 9 heteroatoms. The maximum absolute atomic E-state index is 12.7. The second-order valence-corrected chi connectivity index (χ2v) is 10.2. The van der Waals surface area contributed by atoms with Gasteiger partial charge in [-0.05, 0) is 29.8 Å². The van der Waals surface area contributed by atoms with Crippen molar-refractivity contribution in [2.45, 2.75) is 24.5 Å². The number of rotatable bonds is 7. The third-order valence-electron chi connectivity index (χ3n) is 4.32. The van der Waals surface area contributed by atoms with Crippen LogP contribution in [0.5, 0.6) is 17.2 Å². The fourth-order valence-electron chi connectivity index (χ4n) is 3.04. The van der Waals surface area contributed by atoms with E-state index >= 15 is 0 Å². The summed E-state index contributed by atoms with van der Waals surface area (Å²) in [7, 11) is -3.45. The van der Waals surface area contributed by atoms with E-state index < -0.39 is 9.84 Å². The second kappa shape index (κ2) is 9.24. The molecule has 0 saturated carbocycles. The van der Waals surface area contributed by atoms with Gasteiger partial charge in [0, 0.05) is 11.8 Å². The minimum atomic E-state index is -3.45. The van der Waals surface area contributed by atoms with Crippen LogP contribution in [0.4, 0.5) is 0 Å². The molecule has 0 N–H and O–H groups in total. The van der Waals surface area contributed by atoms with Crippen LogP contribution in [-0.2, 0) is 27.9 Å². The van der Waals surface area contributed by atoms with Gasteiger partial charge in [0.1, 0.15) is 17.4 Å². The van der Waals surface area contributed by atoms with Gasteiger partial charge < -0.3 is 14.2 Å². The highest BCUT2D eigenvalue weighted by molar-refractivity contribution is 7.89. The molecule has 6 nitrogen and oxygen atoms in total. The van der Waals surface area contributed by atoms with E-state index in [9.17, 15) is 8.42 Å². The molecule has 2 aromatic carbocycles. The van der Waals surface area contributed by atoms with Crippen molar-refractivity contribution in [1.29, 1.82) is 0 Å². The normalized spacial score (nSPS) is 13.6. The summed E-state index contributed by atoms with van der Waals surface area (Å²) in [5.74, 6) is 1.39. The minimum absolute atomic E-state index is 0.152. The molecule has 0 aliphatic carbocycles. The molecule has 0 radical (unpaired) electrons. The first-order valence-corrected chi connectivity index (χ1v) is 12.5. The summed E-state index contributed by atoms with van der Waals surface area (Å²) in [4.78, 5) is 4.40. The van der Waals surface area contributed by atoms with Crippen molar-refractivity contribution in [2.24, 2.45) is 0 Å². The zero-order valence-electron chi connectivity index (χ0n) is 16.0. The minimum Gasteiger partial charge on any atom is -0.489 e. The summed E-state index contributed by atoms with van der Waals surface area (Å²) in [6.07, 6.45) is 0.749. The number of sulfone groups is 1. The molecule has 30 heavy (non-hydrogen) atoms. The quantitative estimate of drug-likeness (QED) is 0.505. The summed E-state index contributed by atoms with van der Waals surface area (Å²) in [5.41, 5.74) is 1.07. The summed E-state index contributed by atoms with van der Waals surface area (Å²) in [5, 5.41) is 2.83. The fraction of sp³-hybridized carbons (Fsp3) is 0.286. The lowest BCUT2D eigenvalue weighted by Crippen LogP contribution is -2.08. The van der Waals surface area contributed by atoms with Crippen LogP contribution in [-0.4, -0.2) is 26.6 Å². The van der Waals surface area contributed by atoms with Crippen LogP contribution in [0.15, 0.2) is 47.8 Å². The predicted octanol–water partition coefficient (Wildman–Crippen LogP) is 4.65. The predicted molar refractivity (Wildman–Crippen MR) is 116 cm³/mol. The lowest BCUT2D eigenvalue weighted by Gasteiger charge is -2.11. The van der Waals surface area contributed by atoms with Crippen LogP contribution >= 0.6 is 22.9 Å². The van der Waals surface area contributed by atoms with Crippen molar-refractivity contribution in [1.82, 2.24) is 4.98 Å². The zero-order chi connectivity index (χ0) is 21.0. The van der Waals surface area contributed by atoms with E-state index in [4.69, 9.17) is 25.8 Å². The summed E-state index contributed by atoms with van der Waals surface area (Å²) >= 11 is 7.65. The Balaban J connectivity index is 1.41. The van der Waals surface area contributed by atoms with Crippen LogP contribution in [0.2, 0.25) is 5.02 Å². The van der Waals surface area contributed by atoms with Gasteiger partial charge in [-0.25, -0.2) is 13.4 Å². The number of nitrogens with zero attached hydrogens (tertiary/aromatic N) is 1. The Kier molecular flexibility index (Phi) is 6.46. The van der Waals surface area contributed by atoms with Gasteiger partial charge in [-0.3, -0.25) is 0 Å². The summed E-state index contributed by atoms with van der Waals surface area (Å²) in [6.45, 7) is 1.32. The molecule has 0 spiro atoms. The van der Waals surface area contributed by atoms with Crippen molar-refractivity contribution >= 4 is 32.8 Å². The molecule has 0 fully saturated rings. The number of thiazole rings is 1. The molecule has 0 atom stereocenters. The largest absolute Gasteiger partial charge is 0.489 e. The summed E-state index contributed by atoms with van der Waals surface area (Å²) < 4.78 is 42.3. The van der Waals surface area contributed by atoms with E-state index in [1.807, 2.05) is 30.3 Å². The molecule has 3 aromatic rings. The van der Waals surface area contributed by atoms with Gasteiger partial charge in [0.2, 0.25) is 0 Å². The molecule has 1 aliphatic heterocycles. The van der Waals surface area contributed by atoms with Crippen molar-refractivity contribution in [3.05, 3.63) is 69.1 Å². The Morgan fingerprint density at radius 2 is 1.90 bits per heavy atom. The fourth-order valence-corrected chi connectivity index (χ4v) is 5.51. The molecule has 1 aromatic heterocycles. The summed E-state index contributed by atoms with van der Waals surface area (Å²) in [6, 6.07) is 12.7. The Labute approximate surface area is 184 Å². The highest BCUT2D eigenvalue weighted by Gasteiger charge is 2.20. The number of ether oxygens (including phenoxy) is 3.